The number of carbonyl (C=O) groups is 1. The van der Waals surface area contributed by atoms with E-state index in [1.165, 1.54) is 18.2 Å². The summed E-state index contributed by atoms with van der Waals surface area (Å²) in [5.41, 5.74) is 1.06. The predicted octanol–water partition coefficient (Wildman–Crippen LogP) is 2.99. The monoisotopic (exact) mass is 284 g/mol. The van der Waals surface area contributed by atoms with Crippen molar-refractivity contribution in [3.8, 4) is 0 Å². The van der Waals surface area contributed by atoms with Gasteiger partial charge in [0.15, 0.2) is 0 Å². The maximum absolute atomic E-state index is 12.4. The minimum Gasteiger partial charge on any atom is -0.335 e. The lowest BCUT2D eigenvalue weighted by molar-refractivity contribution is -0.384. The standard InChI is InChI=1S/C13H17ClN2O3/c1-9(2)15(7-6-14)13(17)12-5-4-11(16(18)19)8-10(12)3/h4-5,8-9H,6-7H2,1-3H3. The van der Waals surface area contributed by atoms with E-state index in [4.69, 9.17) is 11.6 Å². The number of nitro groups is 1. The third-order valence-corrected chi connectivity index (χ3v) is 3.03. The SMILES string of the molecule is Cc1cc([N+](=O)[O-])ccc1C(=O)N(CCCl)C(C)C. The predicted molar refractivity (Wildman–Crippen MR) is 74.7 cm³/mol. The minimum atomic E-state index is -0.472. The van der Waals surface area contributed by atoms with Crippen LogP contribution in [0.3, 0.4) is 0 Å². The summed E-state index contributed by atoms with van der Waals surface area (Å²) in [5, 5.41) is 10.7. The van der Waals surface area contributed by atoms with Gasteiger partial charge in [-0.15, -0.1) is 11.6 Å². The number of amides is 1. The Labute approximate surface area is 117 Å². The zero-order valence-electron chi connectivity index (χ0n) is 11.2. The zero-order chi connectivity index (χ0) is 14.6. The van der Waals surface area contributed by atoms with Crippen molar-refractivity contribution in [2.75, 3.05) is 12.4 Å². The number of hydrogen-bond donors (Lipinski definition) is 0. The second-order valence-electron chi connectivity index (χ2n) is 4.54. The van der Waals surface area contributed by atoms with Gasteiger partial charge in [-0.2, -0.15) is 0 Å². The summed E-state index contributed by atoms with van der Waals surface area (Å²) in [6, 6.07) is 4.28. The number of alkyl halides is 1. The molecule has 0 N–H and O–H groups in total. The molecule has 104 valence electrons. The van der Waals surface area contributed by atoms with Crippen LogP contribution in [0.5, 0.6) is 0 Å². The molecule has 0 radical (unpaired) electrons. The number of aryl methyl sites for hydroxylation is 1. The van der Waals surface area contributed by atoms with Crippen molar-refractivity contribution >= 4 is 23.2 Å². The molecule has 0 saturated carbocycles. The van der Waals surface area contributed by atoms with Crippen molar-refractivity contribution in [2.24, 2.45) is 0 Å². The summed E-state index contributed by atoms with van der Waals surface area (Å²) in [5.74, 6) is 0.207. The Morgan fingerprint density at radius 1 is 1.47 bits per heavy atom. The maximum atomic E-state index is 12.4. The average molecular weight is 285 g/mol. The van der Waals surface area contributed by atoms with Gasteiger partial charge in [-0.1, -0.05) is 0 Å². The number of rotatable bonds is 5. The normalized spacial score (nSPS) is 10.6. The molecule has 0 aliphatic heterocycles. The molecule has 0 unspecified atom stereocenters. The Morgan fingerprint density at radius 3 is 2.53 bits per heavy atom. The van der Waals surface area contributed by atoms with Crippen LogP contribution in [0.1, 0.15) is 29.8 Å². The smallest absolute Gasteiger partial charge is 0.269 e. The first-order chi connectivity index (χ1) is 8.88. The average Bonchev–Trinajstić information content (AvgIpc) is 2.34. The second-order valence-corrected chi connectivity index (χ2v) is 4.92. The maximum Gasteiger partial charge on any atom is 0.269 e. The molecular formula is C13H17ClN2O3. The van der Waals surface area contributed by atoms with Gasteiger partial charge in [0.2, 0.25) is 0 Å². The van der Waals surface area contributed by atoms with E-state index in [0.29, 0.717) is 23.6 Å². The van der Waals surface area contributed by atoms with Crippen molar-refractivity contribution in [3.05, 3.63) is 39.4 Å². The van der Waals surface area contributed by atoms with E-state index in [1.54, 1.807) is 11.8 Å². The summed E-state index contributed by atoms with van der Waals surface area (Å²) in [6.45, 7) is 5.96. The van der Waals surface area contributed by atoms with Gasteiger partial charge in [-0.3, -0.25) is 14.9 Å². The third kappa shape index (κ3) is 3.67. The molecule has 0 aromatic heterocycles. The Kier molecular flexibility index (Phi) is 5.30. The summed E-state index contributed by atoms with van der Waals surface area (Å²) < 4.78 is 0. The molecule has 0 heterocycles. The molecule has 1 amide bonds. The van der Waals surface area contributed by atoms with Crippen LogP contribution in [0, 0.1) is 17.0 Å². The molecule has 0 saturated heterocycles. The minimum absolute atomic E-state index is 0.0116. The van der Waals surface area contributed by atoms with Gasteiger partial charge in [-0.05, 0) is 32.4 Å². The summed E-state index contributed by atoms with van der Waals surface area (Å²) >= 11 is 5.70. The van der Waals surface area contributed by atoms with Crippen molar-refractivity contribution < 1.29 is 9.72 Å². The molecule has 1 rings (SSSR count). The van der Waals surface area contributed by atoms with Crippen LogP contribution in [-0.4, -0.2) is 34.2 Å². The van der Waals surface area contributed by atoms with Crippen LogP contribution in [0.4, 0.5) is 5.69 Å². The molecule has 6 heteroatoms. The Morgan fingerprint density at radius 2 is 2.11 bits per heavy atom. The molecule has 0 bridgehead atoms. The van der Waals surface area contributed by atoms with Gasteiger partial charge in [0.05, 0.1) is 4.92 Å². The number of benzene rings is 1. The first kappa shape index (κ1) is 15.4. The van der Waals surface area contributed by atoms with E-state index in [0.717, 1.165) is 0 Å². The fourth-order valence-electron chi connectivity index (χ4n) is 1.84. The van der Waals surface area contributed by atoms with Crippen LogP contribution in [0.15, 0.2) is 18.2 Å². The van der Waals surface area contributed by atoms with Gasteiger partial charge < -0.3 is 4.90 Å². The Hall–Kier alpha value is -1.62. The molecule has 5 nitrogen and oxygen atoms in total. The van der Waals surface area contributed by atoms with Crippen LogP contribution < -0.4 is 0 Å². The van der Waals surface area contributed by atoms with Crippen LogP contribution in [-0.2, 0) is 0 Å². The lowest BCUT2D eigenvalue weighted by atomic mass is 10.1. The van der Waals surface area contributed by atoms with E-state index in [-0.39, 0.29) is 17.6 Å². The molecule has 0 atom stereocenters. The van der Waals surface area contributed by atoms with E-state index < -0.39 is 4.92 Å². The number of halogens is 1. The van der Waals surface area contributed by atoms with Gasteiger partial charge in [0.1, 0.15) is 0 Å². The molecule has 0 fully saturated rings. The van der Waals surface area contributed by atoms with E-state index in [2.05, 4.69) is 0 Å². The van der Waals surface area contributed by atoms with Gasteiger partial charge in [-0.25, -0.2) is 0 Å². The Balaban J connectivity index is 3.08. The molecule has 1 aromatic rings. The van der Waals surface area contributed by atoms with Gasteiger partial charge >= 0.3 is 0 Å². The lowest BCUT2D eigenvalue weighted by Gasteiger charge is -2.26. The summed E-state index contributed by atoms with van der Waals surface area (Å²) in [4.78, 5) is 24.2. The zero-order valence-corrected chi connectivity index (χ0v) is 12.0. The quantitative estimate of drug-likeness (QED) is 0.474. The molecule has 1 aromatic carbocycles. The van der Waals surface area contributed by atoms with Crippen molar-refractivity contribution in [1.82, 2.24) is 4.90 Å². The fourth-order valence-corrected chi connectivity index (χ4v) is 2.02. The van der Waals surface area contributed by atoms with Crippen molar-refractivity contribution in [1.29, 1.82) is 0 Å². The third-order valence-electron chi connectivity index (χ3n) is 2.86. The van der Waals surface area contributed by atoms with Crippen LogP contribution in [0.25, 0.3) is 0 Å². The van der Waals surface area contributed by atoms with E-state index in [1.807, 2.05) is 13.8 Å². The summed E-state index contributed by atoms with van der Waals surface area (Å²) in [6.07, 6.45) is 0. The highest BCUT2D eigenvalue weighted by atomic mass is 35.5. The number of nitrogens with zero attached hydrogens (tertiary/aromatic N) is 2. The molecule has 0 aliphatic carbocycles. The summed E-state index contributed by atoms with van der Waals surface area (Å²) in [7, 11) is 0. The molecule has 19 heavy (non-hydrogen) atoms. The highest BCUT2D eigenvalue weighted by Crippen LogP contribution is 2.19. The molecular weight excluding hydrogens is 268 g/mol. The molecule has 0 aliphatic rings. The number of hydrogen-bond acceptors (Lipinski definition) is 3. The van der Waals surface area contributed by atoms with Crippen molar-refractivity contribution in [2.45, 2.75) is 26.8 Å². The lowest BCUT2D eigenvalue weighted by Crippen LogP contribution is -2.38. The van der Waals surface area contributed by atoms with Gasteiger partial charge in [0.25, 0.3) is 11.6 Å². The highest BCUT2D eigenvalue weighted by molar-refractivity contribution is 6.18. The molecule has 0 spiro atoms. The van der Waals surface area contributed by atoms with Gasteiger partial charge in [0, 0.05) is 36.2 Å². The van der Waals surface area contributed by atoms with E-state index in [9.17, 15) is 14.9 Å². The number of non-ortho nitro benzene ring substituents is 1. The van der Waals surface area contributed by atoms with Crippen LogP contribution >= 0.6 is 11.6 Å². The van der Waals surface area contributed by atoms with Crippen molar-refractivity contribution in [3.63, 3.8) is 0 Å². The first-order valence-corrected chi connectivity index (χ1v) is 6.54. The van der Waals surface area contributed by atoms with E-state index >= 15 is 0 Å². The second kappa shape index (κ2) is 6.52. The van der Waals surface area contributed by atoms with Crippen LogP contribution in [0.2, 0.25) is 0 Å². The Bertz CT molecular complexity index is 489. The first-order valence-electron chi connectivity index (χ1n) is 6.00. The number of carbonyl (C=O) groups excluding carboxylic acids is 1. The highest BCUT2D eigenvalue weighted by Gasteiger charge is 2.21. The largest absolute Gasteiger partial charge is 0.335 e. The fraction of sp³-hybridized carbons (Fsp3) is 0.462. The number of nitro benzene ring substituents is 1. The topological polar surface area (TPSA) is 63.5 Å².